The molecule has 0 aliphatic carbocycles. The second kappa shape index (κ2) is 11.3. The minimum Gasteiger partial charge on any atom is -0.493 e. The maximum Gasteiger partial charge on any atom is 0.253 e. The molecule has 2 aromatic carbocycles. The van der Waals surface area contributed by atoms with Crippen LogP contribution in [0.4, 0.5) is 0 Å². The Bertz CT molecular complexity index is 1340. The van der Waals surface area contributed by atoms with Crippen molar-refractivity contribution in [3.05, 3.63) is 57.9 Å². The van der Waals surface area contributed by atoms with E-state index in [-0.39, 0.29) is 18.5 Å². The van der Waals surface area contributed by atoms with E-state index >= 15 is 0 Å². The molecule has 1 unspecified atom stereocenters. The molecule has 0 bridgehead atoms. The Hall–Kier alpha value is -3.50. The number of hydrogen-bond donors (Lipinski definition) is 2. The standard InChI is InChI=1S/C27H31N3O6S/c1-32-22-6-5-17(10-23(22)33-2)7-8-28-27(37)30(15-20-4-3-9-34-20)14-19-11-18-12-24-25(36-16-35-24)13-21(18)29-26(19)31/h5-6,10-13,20H,3-4,7-9,14-16H2,1-2H3,(H,28,37)(H,29,31). The molecule has 3 aromatic rings. The van der Waals surface area contributed by atoms with Crippen molar-refractivity contribution in [1.29, 1.82) is 0 Å². The topological polar surface area (TPSA) is 94.3 Å². The van der Waals surface area contributed by atoms with Gasteiger partial charge in [0.1, 0.15) is 0 Å². The molecule has 1 atom stereocenters. The Morgan fingerprint density at radius 2 is 1.95 bits per heavy atom. The normalized spacial score (nSPS) is 16.1. The third-order valence-electron chi connectivity index (χ3n) is 6.65. The molecule has 10 heteroatoms. The first-order chi connectivity index (χ1) is 18.0. The van der Waals surface area contributed by atoms with Crippen molar-refractivity contribution < 1.29 is 23.7 Å². The number of ether oxygens (including phenoxy) is 5. The van der Waals surface area contributed by atoms with E-state index in [0.717, 1.165) is 36.8 Å². The van der Waals surface area contributed by atoms with Gasteiger partial charge in [-0.05, 0) is 61.3 Å². The van der Waals surface area contributed by atoms with Gasteiger partial charge >= 0.3 is 0 Å². The lowest BCUT2D eigenvalue weighted by atomic mass is 10.1. The maximum absolute atomic E-state index is 13.0. The maximum atomic E-state index is 13.0. The highest BCUT2D eigenvalue weighted by molar-refractivity contribution is 7.80. The van der Waals surface area contributed by atoms with E-state index in [1.165, 1.54) is 0 Å². The van der Waals surface area contributed by atoms with Gasteiger partial charge in [-0.3, -0.25) is 4.79 Å². The first kappa shape index (κ1) is 25.2. The molecular weight excluding hydrogens is 494 g/mol. The fourth-order valence-corrected chi connectivity index (χ4v) is 4.92. The predicted octanol–water partition coefficient (Wildman–Crippen LogP) is 3.37. The highest BCUT2D eigenvalue weighted by atomic mass is 32.1. The Morgan fingerprint density at radius 1 is 1.14 bits per heavy atom. The van der Waals surface area contributed by atoms with Crippen molar-refractivity contribution in [2.24, 2.45) is 0 Å². The zero-order valence-corrected chi connectivity index (χ0v) is 21.8. The number of H-pyrrole nitrogens is 1. The zero-order chi connectivity index (χ0) is 25.8. The van der Waals surface area contributed by atoms with Crippen LogP contribution in [0.1, 0.15) is 24.0 Å². The molecule has 1 fully saturated rings. The number of hydrogen-bond acceptors (Lipinski definition) is 7. The van der Waals surface area contributed by atoms with Gasteiger partial charge in [-0.1, -0.05) is 6.07 Å². The zero-order valence-electron chi connectivity index (χ0n) is 21.0. The second-order valence-corrected chi connectivity index (χ2v) is 9.49. The third kappa shape index (κ3) is 5.75. The van der Waals surface area contributed by atoms with Gasteiger partial charge in [-0.25, -0.2) is 0 Å². The van der Waals surface area contributed by atoms with Gasteiger partial charge in [0.15, 0.2) is 28.1 Å². The van der Waals surface area contributed by atoms with Crippen LogP contribution in [0.5, 0.6) is 23.0 Å². The summed E-state index contributed by atoms with van der Waals surface area (Å²) >= 11 is 5.78. The number of methoxy groups -OCH3 is 2. The summed E-state index contributed by atoms with van der Waals surface area (Å²) in [7, 11) is 3.25. The number of nitrogens with one attached hydrogen (secondary N) is 2. The van der Waals surface area contributed by atoms with Crippen LogP contribution < -0.4 is 29.8 Å². The summed E-state index contributed by atoms with van der Waals surface area (Å²) in [6, 6.07) is 11.5. The fourth-order valence-electron chi connectivity index (χ4n) is 4.68. The molecule has 2 aliphatic heterocycles. The number of aromatic nitrogens is 1. The van der Waals surface area contributed by atoms with E-state index in [1.807, 2.05) is 35.2 Å². The summed E-state index contributed by atoms with van der Waals surface area (Å²) in [6.45, 7) is 2.54. The summed E-state index contributed by atoms with van der Waals surface area (Å²) < 4.78 is 27.5. The van der Waals surface area contributed by atoms with Crippen LogP contribution in [0.3, 0.4) is 0 Å². The van der Waals surface area contributed by atoms with Gasteiger partial charge in [0, 0.05) is 36.7 Å². The van der Waals surface area contributed by atoms with Gasteiger partial charge < -0.3 is 38.9 Å². The Labute approximate surface area is 220 Å². The highest BCUT2D eigenvalue weighted by Gasteiger charge is 2.23. The molecule has 0 spiro atoms. The smallest absolute Gasteiger partial charge is 0.253 e. The van der Waals surface area contributed by atoms with Gasteiger partial charge in [0.05, 0.1) is 32.4 Å². The van der Waals surface area contributed by atoms with Crippen molar-refractivity contribution in [1.82, 2.24) is 15.2 Å². The average Bonchev–Trinajstić information content (AvgIpc) is 3.59. The monoisotopic (exact) mass is 525 g/mol. The number of benzene rings is 2. The molecule has 0 amide bonds. The lowest BCUT2D eigenvalue weighted by molar-refractivity contribution is 0.0897. The average molecular weight is 526 g/mol. The Kier molecular flexibility index (Phi) is 7.66. The quantitative estimate of drug-likeness (QED) is 0.408. The van der Waals surface area contributed by atoms with E-state index in [2.05, 4.69) is 10.3 Å². The number of thiocarbonyl (C=S) groups is 1. The summed E-state index contributed by atoms with van der Waals surface area (Å²) in [5.74, 6) is 2.70. The van der Waals surface area contributed by atoms with Gasteiger partial charge in [-0.2, -0.15) is 0 Å². The van der Waals surface area contributed by atoms with E-state index in [1.54, 1.807) is 20.3 Å². The third-order valence-corrected chi connectivity index (χ3v) is 7.05. The number of rotatable bonds is 9. The van der Waals surface area contributed by atoms with Crippen molar-refractivity contribution in [3.63, 3.8) is 0 Å². The number of aromatic amines is 1. The number of nitrogens with zero attached hydrogens (tertiary/aromatic N) is 1. The van der Waals surface area contributed by atoms with Crippen LogP contribution in [0, 0.1) is 0 Å². The summed E-state index contributed by atoms with van der Waals surface area (Å²) in [6.07, 6.45) is 2.83. The molecule has 37 heavy (non-hydrogen) atoms. The molecule has 1 saturated heterocycles. The van der Waals surface area contributed by atoms with Crippen LogP contribution in [0.2, 0.25) is 0 Å². The van der Waals surface area contributed by atoms with Gasteiger partial charge in [0.2, 0.25) is 6.79 Å². The summed E-state index contributed by atoms with van der Waals surface area (Å²) in [5.41, 5.74) is 2.27. The summed E-state index contributed by atoms with van der Waals surface area (Å²) in [4.78, 5) is 18.0. The largest absolute Gasteiger partial charge is 0.493 e. The molecule has 0 saturated carbocycles. The molecule has 9 nitrogen and oxygen atoms in total. The number of pyridine rings is 1. The van der Waals surface area contributed by atoms with Crippen LogP contribution in [0.25, 0.3) is 10.9 Å². The highest BCUT2D eigenvalue weighted by Crippen LogP contribution is 2.35. The van der Waals surface area contributed by atoms with Crippen molar-refractivity contribution in [2.45, 2.75) is 31.9 Å². The lowest BCUT2D eigenvalue weighted by Crippen LogP contribution is -2.44. The molecule has 196 valence electrons. The molecule has 0 radical (unpaired) electrons. The van der Waals surface area contributed by atoms with E-state index < -0.39 is 0 Å². The molecule has 1 aromatic heterocycles. The van der Waals surface area contributed by atoms with E-state index in [9.17, 15) is 4.79 Å². The Balaban J connectivity index is 1.30. The van der Waals surface area contributed by atoms with Crippen LogP contribution in [0.15, 0.2) is 41.2 Å². The fraction of sp³-hybridized carbons (Fsp3) is 0.407. The molecule has 3 heterocycles. The minimum absolute atomic E-state index is 0.0824. The Morgan fingerprint density at radius 3 is 2.70 bits per heavy atom. The molecule has 5 rings (SSSR count). The van der Waals surface area contributed by atoms with Crippen LogP contribution >= 0.6 is 12.2 Å². The SMILES string of the molecule is COc1ccc(CCNC(=S)N(Cc2cc3cc4c(cc3[nH]c2=O)OCO4)CC2CCCO2)cc1OC. The predicted molar refractivity (Wildman–Crippen MR) is 144 cm³/mol. The van der Waals surface area contributed by atoms with Crippen molar-refractivity contribution >= 4 is 28.2 Å². The first-order valence-electron chi connectivity index (χ1n) is 12.3. The lowest BCUT2D eigenvalue weighted by Gasteiger charge is -2.28. The first-order valence-corrected chi connectivity index (χ1v) is 12.8. The summed E-state index contributed by atoms with van der Waals surface area (Å²) in [5, 5.41) is 4.83. The number of fused-ring (bicyclic) bond motifs is 2. The van der Waals surface area contributed by atoms with Crippen molar-refractivity contribution in [3.8, 4) is 23.0 Å². The van der Waals surface area contributed by atoms with Crippen LogP contribution in [-0.2, 0) is 17.7 Å². The molecular formula is C27H31N3O6S. The minimum atomic E-state index is -0.156. The van der Waals surface area contributed by atoms with Gasteiger partial charge in [-0.15, -0.1) is 0 Å². The molecule has 2 N–H and O–H groups in total. The van der Waals surface area contributed by atoms with Crippen LogP contribution in [-0.4, -0.2) is 61.8 Å². The van der Waals surface area contributed by atoms with E-state index in [4.69, 9.17) is 35.9 Å². The second-order valence-electron chi connectivity index (χ2n) is 9.10. The van der Waals surface area contributed by atoms with Crippen molar-refractivity contribution in [2.75, 3.05) is 40.7 Å². The van der Waals surface area contributed by atoms with Gasteiger partial charge in [0.25, 0.3) is 5.56 Å². The van der Waals surface area contributed by atoms with E-state index in [0.29, 0.717) is 58.8 Å². The molecule has 2 aliphatic rings.